The minimum atomic E-state index is -1.34. The Hall–Kier alpha value is -7.52. The van der Waals surface area contributed by atoms with Gasteiger partial charge in [0, 0.05) is 44.0 Å². The number of rotatable bonds is 16. The average Bonchev–Trinajstić information content (AvgIpc) is 3.39. The van der Waals surface area contributed by atoms with Gasteiger partial charge in [-0.05, 0) is 67.8 Å². The Morgan fingerprint density at radius 2 is 1.09 bits per heavy atom. The molecule has 0 unspecified atom stereocenters. The van der Waals surface area contributed by atoms with Crippen molar-refractivity contribution >= 4 is 64.7 Å². The fraction of sp³-hybridized carbons (Fsp3) is 0.571. The summed E-state index contributed by atoms with van der Waals surface area (Å²) in [6.07, 6.45) is 4.44. The van der Waals surface area contributed by atoms with Crippen LogP contribution in [0.2, 0.25) is 0 Å². The lowest BCUT2D eigenvalue weighted by atomic mass is 9.90. The highest BCUT2D eigenvalue weighted by molar-refractivity contribution is 6.27. The highest BCUT2D eigenvalue weighted by Gasteiger charge is 2.38. The first-order valence-electron chi connectivity index (χ1n) is 27.0. The van der Waals surface area contributed by atoms with Crippen molar-refractivity contribution in [1.82, 2.24) is 58.2 Å². The summed E-state index contributed by atoms with van der Waals surface area (Å²) in [6, 6.07) is -1.06. The van der Waals surface area contributed by atoms with Crippen LogP contribution in [-0.4, -0.2) is 132 Å². The van der Waals surface area contributed by atoms with Crippen molar-refractivity contribution in [2.45, 2.75) is 163 Å². The second-order valence-electron chi connectivity index (χ2n) is 21.7. The third-order valence-corrected chi connectivity index (χ3v) is 13.9. The van der Waals surface area contributed by atoms with Gasteiger partial charge in [-0.1, -0.05) is 106 Å². The second-order valence-corrected chi connectivity index (χ2v) is 21.7. The molecule has 22 heteroatoms. The number of pyridine rings is 1. The molecule has 0 bridgehead atoms. The van der Waals surface area contributed by atoms with Gasteiger partial charge in [0.25, 0.3) is 5.91 Å². The van der Waals surface area contributed by atoms with E-state index in [-0.39, 0.29) is 67.0 Å². The Bertz CT molecular complexity index is 2570. The van der Waals surface area contributed by atoms with E-state index in [1.165, 1.54) is 26.4 Å². The monoisotopic (exact) mass is 1080 g/mol. The predicted octanol–water partition coefficient (Wildman–Crippen LogP) is 1.68. The number of allylic oxidation sites excluding steroid dienone is 2. The molecule has 4 rings (SSSR count). The van der Waals surface area contributed by atoms with Gasteiger partial charge in [-0.25, -0.2) is 0 Å². The molecule has 0 radical (unpaired) electrons. The molecule has 426 valence electrons. The van der Waals surface area contributed by atoms with Crippen LogP contribution in [0.3, 0.4) is 0 Å². The molecule has 1 saturated heterocycles. The summed E-state index contributed by atoms with van der Waals surface area (Å²) in [5.74, 6) is -9.75. The van der Waals surface area contributed by atoms with Crippen LogP contribution in [0.1, 0.15) is 145 Å². The zero-order valence-corrected chi connectivity index (χ0v) is 47.0. The Kier molecular flexibility index (Phi) is 23.7. The first-order valence-corrected chi connectivity index (χ1v) is 27.0. The van der Waals surface area contributed by atoms with Crippen LogP contribution < -0.4 is 53.2 Å². The van der Waals surface area contributed by atoms with Crippen LogP contribution in [0, 0.1) is 29.6 Å². The van der Waals surface area contributed by atoms with Gasteiger partial charge in [0.15, 0.2) is 5.78 Å². The molecular formula is C56H81N11O11. The number of aromatic nitrogens is 1. The lowest BCUT2D eigenvalue weighted by molar-refractivity contribution is -0.137. The minimum absolute atomic E-state index is 0.0220. The van der Waals surface area contributed by atoms with E-state index in [0.717, 1.165) is 6.08 Å². The maximum atomic E-state index is 14.6. The number of fused-ring (bicyclic) bond motifs is 1. The zero-order chi connectivity index (χ0) is 58.1. The molecule has 0 saturated carbocycles. The molecule has 2 aliphatic rings. The summed E-state index contributed by atoms with van der Waals surface area (Å²) in [5.41, 5.74) is 0.517. The number of benzene rings is 1. The maximum absolute atomic E-state index is 14.6. The molecule has 2 aromatic rings. The number of amides is 9. The Labute approximate surface area is 457 Å². The Morgan fingerprint density at radius 3 is 1.65 bits per heavy atom. The Balaban J connectivity index is 1.73. The van der Waals surface area contributed by atoms with Crippen molar-refractivity contribution in [3.8, 4) is 0 Å². The molecule has 9 amide bonds. The van der Waals surface area contributed by atoms with Crippen LogP contribution in [0.15, 0.2) is 54.5 Å². The molecule has 0 spiro atoms. The third-order valence-electron chi connectivity index (χ3n) is 13.9. The van der Waals surface area contributed by atoms with E-state index >= 15 is 0 Å². The topological polar surface area (TPSA) is 321 Å². The third kappa shape index (κ3) is 17.2. The van der Waals surface area contributed by atoms with Crippen LogP contribution in [-0.2, 0) is 44.8 Å². The van der Waals surface area contributed by atoms with Gasteiger partial charge in [0.2, 0.25) is 53.0 Å². The van der Waals surface area contributed by atoms with E-state index in [2.05, 4.69) is 58.2 Å². The first kappa shape index (κ1) is 63.0. The van der Waals surface area contributed by atoms with Crippen LogP contribution in [0.5, 0.6) is 0 Å². The van der Waals surface area contributed by atoms with Gasteiger partial charge in [0.05, 0.1) is 16.8 Å². The van der Waals surface area contributed by atoms with E-state index in [1.54, 1.807) is 85.7 Å². The highest BCUT2D eigenvalue weighted by atomic mass is 16.2. The highest BCUT2D eigenvalue weighted by Crippen LogP contribution is 2.23. The number of likely N-dealkylation sites (N-methyl/N-ethyl adjacent to an activating group) is 1. The molecule has 1 aliphatic heterocycles. The molecular weight excluding hydrogens is 1000 g/mol. The molecule has 9 atom stereocenters. The summed E-state index contributed by atoms with van der Waals surface area (Å²) in [5, 5.41) is 27.5. The molecule has 78 heavy (non-hydrogen) atoms. The second kappa shape index (κ2) is 29.3. The van der Waals surface area contributed by atoms with E-state index in [0.29, 0.717) is 12.0 Å². The molecule has 1 fully saturated rings. The van der Waals surface area contributed by atoms with E-state index in [9.17, 15) is 52.7 Å². The van der Waals surface area contributed by atoms with E-state index in [1.807, 2.05) is 13.8 Å². The van der Waals surface area contributed by atoms with Gasteiger partial charge >= 0.3 is 0 Å². The maximum Gasteiger partial charge on any atom is 0.253 e. The number of ketones is 2. The molecule has 10 N–H and O–H groups in total. The number of hydrogen-bond acceptors (Lipinski definition) is 13. The number of nitrogens with zero attached hydrogens (tertiary/aromatic N) is 1. The van der Waals surface area contributed by atoms with Gasteiger partial charge in [-0.15, -0.1) is 0 Å². The van der Waals surface area contributed by atoms with Crippen LogP contribution in [0.4, 0.5) is 0 Å². The standard InChI is InChI=1S/C56H81N11O11/c1-13-32(10)46-56(78)61-37(21-17-18-22-59-49(71)36-27-58-26-35-42(36)41(68)25-38(57-12)47(35)69)50(72)65-44(30(6)7)54(76)63-40(24-34-19-15-14-16-20-34)51(73)62-39(23-28(2)3)52(74)66-43(29(4)5)53(75)60-33(11)48(70)64-45(31(8)9)55(77)67-46/h14-16,19-20,25-33,37,39-40,43-46,57H,13,17-18,21-24H2,1-12H3,(H,59,71)(H,60,75)(H,61,78)(H,62,73)(H,63,76)(H,64,70)(H,65,72)(H,66,74)(H,67,77)/t32-,33-,37+,39-,40-,43+,44+,45+,46-/m1/s1. The predicted molar refractivity (Wildman–Crippen MR) is 291 cm³/mol. The first-order chi connectivity index (χ1) is 36.8. The largest absolute Gasteiger partial charge is 0.385 e. The fourth-order valence-electron chi connectivity index (χ4n) is 8.97. The van der Waals surface area contributed by atoms with Crippen molar-refractivity contribution in [3.63, 3.8) is 0 Å². The molecule has 22 nitrogen and oxygen atoms in total. The number of hydrogen-bond donors (Lipinski definition) is 10. The molecule has 1 aromatic heterocycles. The van der Waals surface area contributed by atoms with Gasteiger partial charge in [-0.2, -0.15) is 0 Å². The van der Waals surface area contributed by atoms with Gasteiger partial charge < -0.3 is 53.2 Å². The van der Waals surface area contributed by atoms with Crippen molar-refractivity contribution < 1.29 is 52.7 Å². The number of carbonyl (C=O) groups is 11. The van der Waals surface area contributed by atoms with Crippen molar-refractivity contribution in [3.05, 3.63) is 76.8 Å². The van der Waals surface area contributed by atoms with Crippen LogP contribution >= 0.6 is 0 Å². The lowest BCUT2D eigenvalue weighted by Crippen LogP contribution is -2.63. The summed E-state index contributed by atoms with van der Waals surface area (Å²) in [7, 11) is 1.49. The SMILES string of the molecule is CC[C@@H](C)[C@H]1NC(=O)[C@H](C(C)C)NC(=O)[C@@H](C)NC(=O)[C@H](C(C)C)NC(=O)[C@@H](CC(C)C)NC(=O)[C@@H](Cc2ccccc2)NC(=O)[C@H](C(C)C)NC(=O)[C@H](CCCCNC(=O)c2cncc3c2C(=O)C=C(NC)C3=O)NC1=O. The zero-order valence-electron chi connectivity index (χ0n) is 47.0. The summed E-state index contributed by atoms with van der Waals surface area (Å²) in [6.45, 7) is 18.8. The average molecular weight is 1080 g/mol. The summed E-state index contributed by atoms with van der Waals surface area (Å²) >= 11 is 0. The molecule has 1 aromatic carbocycles. The van der Waals surface area contributed by atoms with Crippen molar-refractivity contribution in [2.75, 3.05) is 13.6 Å². The number of nitrogens with one attached hydrogen (secondary N) is 10. The molecule has 1 aliphatic carbocycles. The number of Topliss-reactive ketones (excluding diaryl/α,β-unsaturated/α-hetero) is 1. The quantitative estimate of drug-likeness (QED) is 0.107. The number of unbranched alkanes of at least 4 members (excludes halogenated alkanes) is 1. The lowest BCUT2D eigenvalue weighted by Gasteiger charge is -2.31. The Morgan fingerprint density at radius 1 is 0.590 bits per heavy atom. The van der Waals surface area contributed by atoms with E-state index < -0.39 is 137 Å². The molecule has 2 heterocycles. The van der Waals surface area contributed by atoms with Crippen LogP contribution in [0.25, 0.3) is 0 Å². The summed E-state index contributed by atoms with van der Waals surface area (Å²) < 4.78 is 0. The number of carbonyl (C=O) groups excluding carboxylic acids is 11. The fourth-order valence-corrected chi connectivity index (χ4v) is 8.97. The van der Waals surface area contributed by atoms with Gasteiger partial charge in [-0.3, -0.25) is 57.7 Å². The van der Waals surface area contributed by atoms with E-state index in [4.69, 9.17) is 0 Å². The smallest absolute Gasteiger partial charge is 0.253 e. The van der Waals surface area contributed by atoms with Crippen molar-refractivity contribution in [1.29, 1.82) is 0 Å². The summed E-state index contributed by atoms with van der Waals surface area (Å²) in [4.78, 5) is 158. The normalized spacial score (nSPS) is 24.1. The van der Waals surface area contributed by atoms with Gasteiger partial charge in [0.1, 0.15) is 48.3 Å². The van der Waals surface area contributed by atoms with Crippen molar-refractivity contribution in [2.24, 2.45) is 29.6 Å². The minimum Gasteiger partial charge on any atom is -0.385 e.